The van der Waals surface area contributed by atoms with E-state index in [2.05, 4.69) is 13.0 Å². The van der Waals surface area contributed by atoms with E-state index in [0.717, 1.165) is 33.6 Å². The van der Waals surface area contributed by atoms with E-state index in [4.69, 9.17) is 13.9 Å². The van der Waals surface area contributed by atoms with Gasteiger partial charge in [-0.1, -0.05) is 18.2 Å². The Balaban J connectivity index is 2.16. The van der Waals surface area contributed by atoms with E-state index >= 15 is 0 Å². The molecule has 0 fully saturated rings. The fourth-order valence-electron chi connectivity index (χ4n) is 2.76. The minimum absolute atomic E-state index is 0.0225. The zero-order valence-corrected chi connectivity index (χ0v) is 13.1. The summed E-state index contributed by atoms with van der Waals surface area (Å²) in [5, 5.41) is 1.11. The summed E-state index contributed by atoms with van der Waals surface area (Å²) in [4.78, 5) is 0. The van der Waals surface area contributed by atoms with Crippen LogP contribution in [0.4, 0.5) is 0 Å². The summed E-state index contributed by atoms with van der Waals surface area (Å²) in [6, 6.07) is 16.0. The molecule has 22 heavy (non-hydrogen) atoms. The molecule has 1 heterocycles. The Morgan fingerprint density at radius 3 is 2.45 bits per heavy atom. The molecule has 1 unspecified atom stereocenters. The van der Waals surface area contributed by atoms with Gasteiger partial charge in [0.15, 0.2) is 0 Å². The topological polar surface area (TPSA) is 31.6 Å². The van der Waals surface area contributed by atoms with Crippen molar-refractivity contribution in [2.24, 2.45) is 0 Å². The molecular weight excluding hydrogens is 276 g/mol. The number of methoxy groups -OCH3 is 1. The highest BCUT2D eigenvalue weighted by molar-refractivity contribution is 5.88. The van der Waals surface area contributed by atoms with Gasteiger partial charge in [-0.25, -0.2) is 0 Å². The van der Waals surface area contributed by atoms with E-state index in [1.165, 1.54) is 0 Å². The van der Waals surface area contributed by atoms with Gasteiger partial charge in [0, 0.05) is 23.1 Å². The van der Waals surface area contributed by atoms with Crippen molar-refractivity contribution in [3.8, 4) is 17.1 Å². The first-order valence-corrected chi connectivity index (χ1v) is 7.52. The van der Waals surface area contributed by atoms with Crippen molar-refractivity contribution in [3.63, 3.8) is 0 Å². The average molecular weight is 296 g/mol. The van der Waals surface area contributed by atoms with Gasteiger partial charge in [0.25, 0.3) is 0 Å². The molecule has 0 aliphatic carbocycles. The molecule has 3 aromatic rings. The Kier molecular flexibility index (Phi) is 4.16. The van der Waals surface area contributed by atoms with Crippen molar-refractivity contribution >= 4 is 11.0 Å². The lowest BCUT2D eigenvalue weighted by atomic mass is 10.0. The van der Waals surface area contributed by atoms with Crippen molar-refractivity contribution in [3.05, 3.63) is 54.1 Å². The standard InChI is InChI=1S/C19H20O3/c1-4-21-13(2)18-16-7-5-6-8-17(16)22-19(18)14-9-11-15(20-3)12-10-14/h5-13H,4H2,1-3H3. The Bertz CT molecular complexity index is 756. The molecule has 0 saturated carbocycles. The number of fused-ring (bicyclic) bond motifs is 1. The fourth-order valence-corrected chi connectivity index (χ4v) is 2.76. The normalized spacial score (nSPS) is 12.5. The number of hydrogen-bond donors (Lipinski definition) is 0. The van der Waals surface area contributed by atoms with Gasteiger partial charge in [0.05, 0.1) is 13.2 Å². The Labute approximate surface area is 130 Å². The number of furan rings is 1. The van der Waals surface area contributed by atoms with Crippen LogP contribution < -0.4 is 4.74 Å². The number of para-hydroxylation sites is 1. The lowest BCUT2D eigenvalue weighted by molar-refractivity contribution is 0.0773. The molecule has 0 spiro atoms. The summed E-state index contributed by atoms with van der Waals surface area (Å²) in [5.74, 6) is 1.70. The largest absolute Gasteiger partial charge is 0.497 e. The minimum atomic E-state index is -0.0225. The zero-order chi connectivity index (χ0) is 15.5. The van der Waals surface area contributed by atoms with Crippen LogP contribution in [0, 0.1) is 0 Å². The summed E-state index contributed by atoms with van der Waals surface area (Å²) in [5.41, 5.74) is 3.01. The molecule has 1 atom stereocenters. The third-order valence-electron chi connectivity index (χ3n) is 3.81. The molecule has 0 bridgehead atoms. The Morgan fingerprint density at radius 1 is 1.05 bits per heavy atom. The SMILES string of the molecule is CCOC(C)c1c(-c2ccc(OC)cc2)oc2ccccc12. The predicted molar refractivity (Wildman–Crippen MR) is 88.2 cm³/mol. The van der Waals surface area contributed by atoms with E-state index < -0.39 is 0 Å². The Morgan fingerprint density at radius 2 is 1.77 bits per heavy atom. The number of rotatable bonds is 5. The van der Waals surface area contributed by atoms with E-state index in [0.29, 0.717) is 6.61 Å². The zero-order valence-electron chi connectivity index (χ0n) is 13.1. The van der Waals surface area contributed by atoms with Crippen LogP contribution in [0.5, 0.6) is 5.75 Å². The number of ether oxygens (including phenoxy) is 2. The summed E-state index contributed by atoms with van der Waals surface area (Å²) >= 11 is 0. The summed E-state index contributed by atoms with van der Waals surface area (Å²) < 4.78 is 17.1. The molecule has 3 nitrogen and oxygen atoms in total. The molecule has 3 rings (SSSR count). The maximum Gasteiger partial charge on any atom is 0.141 e. The van der Waals surface area contributed by atoms with E-state index in [1.807, 2.05) is 49.4 Å². The second-order valence-corrected chi connectivity index (χ2v) is 5.17. The summed E-state index contributed by atoms with van der Waals surface area (Å²) in [7, 11) is 1.67. The molecule has 2 aromatic carbocycles. The quantitative estimate of drug-likeness (QED) is 0.648. The third kappa shape index (κ3) is 2.60. The van der Waals surface area contributed by atoms with Crippen LogP contribution in [-0.4, -0.2) is 13.7 Å². The van der Waals surface area contributed by atoms with E-state index in [-0.39, 0.29) is 6.10 Å². The fraction of sp³-hybridized carbons (Fsp3) is 0.263. The monoisotopic (exact) mass is 296 g/mol. The van der Waals surface area contributed by atoms with Gasteiger partial charge < -0.3 is 13.9 Å². The maximum atomic E-state index is 6.11. The number of benzene rings is 2. The van der Waals surface area contributed by atoms with Crippen molar-refractivity contribution in [2.75, 3.05) is 13.7 Å². The molecule has 1 aromatic heterocycles. The minimum Gasteiger partial charge on any atom is -0.497 e. The van der Waals surface area contributed by atoms with Gasteiger partial charge in [-0.15, -0.1) is 0 Å². The van der Waals surface area contributed by atoms with Crippen LogP contribution in [0.3, 0.4) is 0 Å². The first-order chi connectivity index (χ1) is 10.7. The van der Waals surface area contributed by atoms with Crippen LogP contribution in [0.15, 0.2) is 52.9 Å². The lowest BCUT2D eigenvalue weighted by Gasteiger charge is -2.12. The van der Waals surface area contributed by atoms with Crippen molar-refractivity contribution in [2.45, 2.75) is 20.0 Å². The molecule has 0 radical (unpaired) electrons. The van der Waals surface area contributed by atoms with Crippen LogP contribution in [-0.2, 0) is 4.74 Å². The highest BCUT2D eigenvalue weighted by Crippen LogP contribution is 2.39. The molecular formula is C19H20O3. The van der Waals surface area contributed by atoms with Crippen LogP contribution >= 0.6 is 0 Å². The lowest BCUT2D eigenvalue weighted by Crippen LogP contribution is -2.00. The van der Waals surface area contributed by atoms with Crippen LogP contribution in [0.1, 0.15) is 25.5 Å². The first kappa shape index (κ1) is 14.7. The molecule has 0 N–H and O–H groups in total. The van der Waals surface area contributed by atoms with Gasteiger partial charge in [-0.05, 0) is 44.2 Å². The van der Waals surface area contributed by atoms with Gasteiger partial charge in [-0.3, -0.25) is 0 Å². The molecule has 0 amide bonds. The highest BCUT2D eigenvalue weighted by Gasteiger charge is 2.20. The maximum absolute atomic E-state index is 6.11. The third-order valence-corrected chi connectivity index (χ3v) is 3.81. The average Bonchev–Trinajstić information content (AvgIpc) is 2.94. The summed E-state index contributed by atoms with van der Waals surface area (Å²) in [6.07, 6.45) is -0.0225. The first-order valence-electron chi connectivity index (χ1n) is 7.52. The molecule has 114 valence electrons. The molecule has 0 aliphatic heterocycles. The smallest absolute Gasteiger partial charge is 0.141 e. The van der Waals surface area contributed by atoms with Crippen molar-refractivity contribution in [1.82, 2.24) is 0 Å². The molecule has 0 aliphatic rings. The highest BCUT2D eigenvalue weighted by atomic mass is 16.5. The number of hydrogen-bond acceptors (Lipinski definition) is 3. The summed E-state index contributed by atoms with van der Waals surface area (Å²) in [6.45, 7) is 4.74. The second-order valence-electron chi connectivity index (χ2n) is 5.17. The van der Waals surface area contributed by atoms with Crippen LogP contribution in [0.2, 0.25) is 0 Å². The predicted octanol–water partition coefficient (Wildman–Crippen LogP) is 5.21. The van der Waals surface area contributed by atoms with Crippen molar-refractivity contribution in [1.29, 1.82) is 0 Å². The Hall–Kier alpha value is -2.26. The van der Waals surface area contributed by atoms with Crippen molar-refractivity contribution < 1.29 is 13.9 Å². The molecule has 3 heteroatoms. The van der Waals surface area contributed by atoms with E-state index in [1.54, 1.807) is 7.11 Å². The van der Waals surface area contributed by atoms with Gasteiger partial charge >= 0.3 is 0 Å². The van der Waals surface area contributed by atoms with Gasteiger partial charge in [0.2, 0.25) is 0 Å². The van der Waals surface area contributed by atoms with Gasteiger partial charge in [-0.2, -0.15) is 0 Å². The van der Waals surface area contributed by atoms with Crippen LogP contribution in [0.25, 0.3) is 22.3 Å². The van der Waals surface area contributed by atoms with Gasteiger partial charge in [0.1, 0.15) is 17.1 Å². The molecule has 0 saturated heterocycles. The second kappa shape index (κ2) is 6.24. The van der Waals surface area contributed by atoms with E-state index in [9.17, 15) is 0 Å².